The molecule has 0 unspecified atom stereocenters. The average Bonchev–Trinajstić information content (AvgIpc) is 2.68. The highest BCUT2D eigenvalue weighted by Gasteiger charge is 2.39. The molecule has 1 fully saturated rings. The van der Waals surface area contributed by atoms with E-state index in [0.29, 0.717) is 31.1 Å². The van der Waals surface area contributed by atoms with Crippen LogP contribution in [0.3, 0.4) is 0 Å². The summed E-state index contributed by atoms with van der Waals surface area (Å²) in [7, 11) is -1.60. The van der Waals surface area contributed by atoms with Crippen molar-refractivity contribution in [3.8, 4) is 5.75 Å². The van der Waals surface area contributed by atoms with Gasteiger partial charge in [0.1, 0.15) is 12.8 Å². The number of rotatable bonds is 1. The molecule has 0 saturated carbocycles. The van der Waals surface area contributed by atoms with Gasteiger partial charge in [-0.25, -0.2) is 9.37 Å². The maximum absolute atomic E-state index is 13.4. The van der Waals surface area contributed by atoms with Crippen molar-refractivity contribution in [3.05, 3.63) is 12.3 Å². The lowest BCUT2D eigenvalue weighted by molar-refractivity contribution is 0.262. The Balaban J connectivity index is 2.04. The minimum absolute atomic E-state index is 0.00362. The van der Waals surface area contributed by atoms with E-state index < -0.39 is 13.3 Å². The number of aromatic nitrogens is 1. The normalized spacial score (nSPS) is 26.2. The summed E-state index contributed by atoms with van der Waals surface area (Å²) in [4.78, 5) is 5.99. The number of pyridine rings is 1. The molecule has 1 saturated heterocycles. The van der Waals surface area contributed by atoms with E-state index in [0.717, 1.165) is 0 Å². The van der Waals surface area contributed by atoms with Crippen molar-refractivity contribution in [1.82, 2.24) is 4.98 Å². The first-order valence-electron chi connectivity index (χ1n) is 5.55. The van der Waals surface area contributed by atoms with Gasteiger partial charge < -0.3 is 19.7 Å². The maximum Gasteiger partial charge on any atom is 0.492 e. The van der Waals surface area contributed by atoms with Crippen LogP contribution in [-0.2, 0) is 0 Å². The standard InChI is InChI=1S/C10H12BFN2O3/c12-6-3-7-5-17-9-8(11(15)16)1-2-13-10(9)14(7)4-6/h1-2,6-7,15-16H,3-5H2/t6-,7+/m1/s1. The molecular formula is C10H12BFN2O3. The zero-order chi connectivity index (χ0) is 12.0. The van der Waals surface area contributed by atoms with Crippen LogP contribution in [0, 0.1) is 0 Å². The molecule has 2 N–H and O–H groups in total. The Morgan fingerprint density at radius 1 is 1.53 bits per heavy atom. The molecule has 0 spiro atoms. The van der Waals surface area contributed by atoms with E-state index in [-0.39, 0.29) is 11.5 Å². The number of anilines is 1. The Bertz CT molecular complexity index is 446. The van der Waals surface area contributed by atoms with Crippen LogP contribution in [0.15, 0.2) is 12.3 Å². The number of hydrogen-bond donors (Lipinski definition) is 2. The van der Waals surface area contributed by atoms with E-state index in [1.165, 1.54) is 12.3 Å². The van der Waals surface area contributed by atoms with Crippen molar-refractivity contribution in [3.63, 3.8) is 0 Å². The molecule has 2 atom stereocenters. The molecule has 0 bridgehead atoms. The van der Waals surface area contributed by atoms with E-state index in [1.807, 2.05) is 4.90 Å². The third-order valence-electron chi connectivity index (χ3n) is 3.25. The summed E-state index contributed by atoms with van der Waals surface area (Å²) in [6, 6.07) is 1.49. The molecule has 17 heavy (non-hydrogen) atoms. The van der Waals surface area contributed by atoms with Crippen LogP contribution in [0.25, 0.3) is 0 Å². The lowest BCUT2D eigenvalue weighted by atomic mass is 9.80. The van der Waals surface area contributed by atoms with Crippen molar-refractivity contribution in [2.75, 3.05) is 18.1 Å². The molecular weight excluding hydrogens is 226 g/mol. The zero-order valence-corrected chi connectivity index (χ0v) is 9.08. The van der Waals surface area contributed by atoms with Crippen molar-refractivity contribution >= 4 is 18.4 Å². The van der Waals surface area contributed by atoms with Crippen LogP contribution < -0.4 is 15.1 Å². The predicted octanol–water partition coefficient (Wildman–Crippen LogP) is -0.929. The largest absolute Gasteiger partial charge is 0.492 e. The Morgan fingerprint density at radius 2 is 2.35 bits per heavy atom. The van der Waals surface area contributed by atoms with Crippen molar-refractivity contribution in [1.29, 1.82) is 0 Å². The van der Waals surface area contributed by atoms with Crippen LogP contribution in [0.1, 0.15) is 6.42 Å². The second-order valence-corrected chi connectivity index (χ2v) is 4.38. The Hall–Kier alpha value is -1.34. The molecule has 0 aromatic carbocycles. The Labute approximate surface area is 98.0 Å². The predicted molar refractivity (Wildman–Crippen MR) is 60.2 cm³/mol. The molecule has 1 aromatic heterocycles. The molecule has 5 nitrogen and oxygen atoms in total. The van der Waals surface area contributed by atoms with Gasteiger partial charge in [0.25, 0.3) is 0 Å². The van der Waals surface area contributed by atoms with Gasteiger partial charge in [-0.2, -0.15) is 0 Å². The number of alkyl halides is 1. The second-order valence-electron chi connectivity index (χ2n) is 4.38. The fourth-order valence-electron chi connectivity index (χ4n) is 2.46. The first kappa shape index (κ1) is 10.8. The minimum atomic E-state index is -1.60. The first-order chi connectivity index (χ1) is 8.16. The van der Waals surface area contributed by atoms with Gasteiger partial charge in [0.15, 0.2) is 11.6 Å². The van der Waals surface area contributed by atoms with Crippen LogP contribution in [-0.4, -0.2) is 47.5 Å². The van der Waals surface area contributed by atoms with Gasteiger partial charge in [-0.3, -0.25) is 0 Å². The smallest absolute Gasteiger partial charge is 0.488 e. The molecule has 7 heteroatoms. The summed E-state index contributed by atoms with van der Waals surface area (Å²) >= 11 is 0. The Morgan fingerprint density at radius 3 is 3.12 bits per heavy atom. The van der Waals surface area contributed by atoms with Crippen LogP contribution in [0.2, 0.25) is 0 Å². The highest BCUT2D eigenvalue weighted by Crippen LogP contribution is 2.35. The molecule has 0 aliphatic carbocycles. The fraction of sp³-hybridized carbons (Fsp3) is 0.500. The molecule has 1 aromatic rings. The van der Waals surface area contributed by atoms with Gasteiger partial charge >= 0.3 is 7.12 Å². The zero-order valence-electron chi connectivity index (χ0n) is 9.08. The first-order valence-corrected chi connectivity index (χ1v) is 5.55. The fourth-order valence-corrected chi connectivity index (χ4v) is 2.46. The summed E-state index contributed by atoms with van der Waals surface area (Å²) in [6.45, 7) is 0.651. The van der Waals surface area contributed by atoms with E-state index in [2.05, 4.69) is 4.98 Å². The summed E-state index contributed by atoms with van der Waals surface area (Å²) in [6.07, 6.45) is 1.04. The van der Waals surface area contributed by atoms with Gasteiger partial charge in [-0.1, -0.05) is 0 Å². The number of ether oxygens (including phenoxy) is 1. The van der Waals surface area contributed by atoms with Crippen LogP contribution >= 0.6 is 0 Å². The molecule has 2 aliphatic heterocycles. The third kappa shape index (κ3) is 1.66. The number of halogens is 1. The summed E-state index contributed by atoms with van der Waals surface area (Å²) in [5.74, 6) is 0.861. The summed E-state index contributed by atoms with van der Waals surface area (Å²) < 4.78 is 18.8. The SMILES string of the molecule is OB(O)c1ccnc2c1OC[C@@H]1C[C@@H](F)CN21. The highest BCUT2D eigenvalue weighted by atomic mass is 19.1. The number of hydrogen-bond acceptors (Lipinski definition) is 5. The third-order valence-corrected chi connectivity index (χ3v) is 3.25. The van der Waals surface area contributed by atoms with E-state index >= 15 is 0 Å². The summed E-state index contributed by atoms with van der Waals surface area (Å²) in [5, 5.41) is 18.5. The van der Waals surface area contributed by atoms with Crippen molar-refractivity contribution in [2.24, 2.45) is 0 Å². The molecule has 90 valence electrons. The average molecular weight is 238 g/mol. The van der Waals surface area contributed by atoms with Gasteiger partial charge in [0, 0.05) is 18.1 Å². The van der Waals surface area contributed by atoms with Crippen molar-refractivity contribution < 1.29 is 19.2 Å². The van der Waals surface area contributed by atoms with Gasteiger partial charge in [0.2, 0.25) is 0 Å². The molecule has 0 amide bonds. The molecule has 2 aliphatic rings. The maximum atomic E-state index is 13.4. The lowest BCUT2D eigenvalue weighted by Crippen LogP contribution is -2.43. The van der Waals surface area contributed by atoms with E-state index in [4.69, 9.17) is 4.74 Å². The van der Waals surface area contributed by atoms with Crippen LogP contribution in [0.5, 0.6) is 5.75 Å². The van der Waals surface area contributed by atoms with Crippen molar-refractivity contribution in [2.45, 2.75) is 18.6 Å². The number of fused-ring (bicyclic) bond motifs is 3. The van der Waals surface area contributed by atoms with E-state index in [1.54, 1.807) is 0 Å². The number of nitrogens with zero attached hydrogens (tertiary/aromatic N) is 2. The molecule has 3 heterocycles. The molecule has 3 rings (SSSR count). The molecule has 0 radical (unpaired) electrons. The summed E-state index contributed by atoms with van der Waals surface area (Å²) in [5.41, 5.74) is 0.274. The topological polar surface area (TPSA) is 65.8 Å². The monoisotopic (exact) mass is 238 g/mol. The van der Waals surface area contributed by atoms with E-state index in [9.17, 15) is 14.4 Å². The van der Waals surface area contributed by atoms with Gasteiger partial charge in [0.05, 0.1) is 12.6 Å². The van der Waals surface area contributed by atoms with Gasteiger partial charge in [-0.15, -0.1) is 0 Å². The highest BCUT2D eigenvalue weighted by molar-refractivity contribution is 6.60. The van der Waals surface area contributed by atoms with Gasteiger partial charge in [-0.05, 0) is 6.07 Å². The minimum Gasteiger partial charge on any atom is -0.488 e. The Kier molecular flexibility index (Phi) is 2.45. The second kappa shape index (κ2) is 3.85. The quantitative estimate of drug-likeness (QED) is 0.619. The van der Waals surface area contributed by atoms with Crippen LogP contribution in [0.4, 0.5) is 10.2 Å². The lowest BCUT2D eigenvalue weighted by Gasteiger charge is -2.32.